The monoisotopic (exact) mass is 480 g/mol. The van der Waals surface area contributed by atoms with E-state index in [9.17, 15) is 22.8 Å². The number of hydrogen-bond donors (Lipinski definition) is 1. The SMILES string of the molecule is O=C(Cc1cccc2ccccc12)NCCn1nc(-c2cccc(C(F)(F)F)c2)n(C2CC2)c1=O. The number of halogens is 3. The Hall–Kier alpha value is -3.88. The van der Waals surface area contributed by atoms with Crippen LogP contribution in [-0.4, -0.2) is 26.8 Å². The molecule has 5 rings (SSSR count). The molecule has 9 heteroatoms. The summed E-state index contributed by atoms with van der Waals surface area (Å²) >= 11 is 0. The van der Waals surface area contributed by atoms with Crippen molar-refractivity contribution in [3.05, 3.63) is 88.3 Å². The fourth-order valence-corrected chi connectivity index (χ4v) is 4.24. The summed E-state index contributed by atoms with van der Waals surface area (Å²) in [5, 5.41) is 9.21. The van der Waals surface area contributed by atoms with Gasteiger partial charge in [0.2, 0.25) is 5.91 Å². The van der Waals surface area contributed by atoms with E-state index in [4.69, 9.17) is 0 Å². The smallest absolute Gasteiger partial charge is 0.354 e. The van der Waals surface area contributed by atoms with E-state index in [0.29, 0.717) is 0 Å². The Morgan fingerprint density at radius 1 is 1.03 bits per heavy atom. The molecule has 1 amide bonds. The third-order valence-corrected chi connectivity index (χ3v) is 6.11. The normalized spacial score (nSPS) is 13.8. The fraction of sp³-hybridized carbons (Fsp3) is 0.269. The molecule has 1 fully saturated rings. The quantitative estimate of drug-likeness (QED) is 0.421. The number of alkyl halides is 3. The predicted molar refractivity (Wildman–Crippen MR) is 126 cm³/mol. The van der Waals surface area contributed by atoms with Crippen molar-refractivity contribution in [1.29, 1.82) is 0 Å². The van der Waals surface area contributed by atoms with Crippen molar-refractivity contribution in [2.45, 2.75) is 38.0 Å². The average molecular weight is 480 g/mol. The standard InChI is InChI=1S/C26H23F3N4O2/c27-26(28,29)20-9-4-8-19(15-20)24-31-32(25(35)33(24)21-11-12-21)14-13-30-23(34)16-18-7-3-6-17-5-1-2-10-22(17)18/h1-10,15,21H,11-14,16H2,(H,30,34). The molecule has 4 aromatic rings. The van der Waals surface area contributed by atoms with E-state index < -0.39 is 11.7 Å². The molecule has 0 unspecified atom stereocenters. The summed E-state index contributed by atoms with van der Waals surface area (Å²) in [4.78, 5) is 25.5. The van der Waals surface area contributed by atoms with Gasteiger partial charge in [-0.05, 0) is 41.3 Å². The maximum absolute atomic E-state index is 13.2. The molecule has 0 spiro atoms. The van der Waals surface area contributed by atoms with Crippen molar-refractivity contribution in [2.24, 2.45) is 0 Å². The molecule has 3 aromatic carbocycles. The van der Waals surface area contributed by atoms with Gasteiger partial charge in [0.15, 0.2) is 5.82 Å². The van der Waals surface area contributed by atoms with Crippen molar-refractivity contribution in [2.75, 3.05) is 6.54 Å². The van der Waals surface area contributed by atoms with Gasteiger partial charge in [-0.2, -0.15) is 13.2 Å². The van der Waals surface area contributed by atoms with E-state index in [1.807, 2.05) is 42.5 Å². The Morgan fingerprint density at radius 3 is 2.54 bits per heavy atom. The molecule has 180 valence electrons. The van der Waals surface area contributed by atoms with Crippen LogP contribution in [0, 0.1) is 0 Å². The lowest BCUT2D eigenvalue weighted by molar-refractivity contribution is -0.137. The molecular weight excluding hydrogens is 457 g/mol. The lowest BCUT2D eigenvalue weighted by Gasteiger charge is -2.09. The largest absolute Gasteiger partial charge is 0.416 e. The molecule has 1 aliphatic rings. The van der Waals surface area contributed by atoms with Gasteiger partial charge in [0.1, 0.15) is 0 Å². The van der Waals surface area contributed by atoms with Crippen LogP contribution in [0.4, 0.5) is 13.2 Å². The van der Waals surface area contributed by atoms with Crippen LogP contribution in [0.15, 0.2) is 71.5 Å². The average Bonchev–Trinajstić information content (AvgIpc) is 3.62. The number of amides is 1. The number of benzene rings is 3. The van der Waals surface area contributed by atoms with Crippen LogP contribution in [0.2, 0.25) is 0 Å². The summed E-state index contributed by atoms with van der Waals surface area (Å²) in [6, 6.07) is 18.4. The third-order valence-electron chi connectivity index (χ3n) is 6.11. The zero-order valence-corrected chi connectivity index (χ0v) is 18.8. The zero-order chi connectivity index (χ0) is 24.6. The summed E-state index contributed by atoms with van der Waals surface area (Å²) in [6.07, 6.45) is -2.74. The van der Waals surface area contributed by atoms with Crippen LogP contribution in [0.3, 0.4) is 0 Å². The summed E-state index contributed by atoms with van der Waals surface area (Å²) in [5.41, 5.74) is -0.0339. The van der Waals surface area contributed by atoms with Crippen LogP contribution in [0.1, 0.15) is 30.0 Å². The second-order valence-corrected chi connectivity index (χ2v) is 8.67. The molecule has 0 aliphatic heterocycles. The number of carbonyl (C=O) groups excluding carboxylic acids is 1. The summed E-state index contributed by atoms with van der Waals surface area (Å²) < 4.78 is 42.2. The first-order valence-corrected chi connectivity index (χ1v) is 11.4. The number of aromatic nitrogens is 3. The molecule has 6 nitrogen and oxygen atoms in total. The Morgan fingerprint density at radius 2 is 1.77 bits per heavy atom. The van der Waals surface area contributed by atoms with Crippen molar-refractivity contribution >= 4 is 16.7 Å². The first-order valence-electron chi connectivity index (χ1n) is 11.4. The van der Waals surface area contributed by atoms with Crippen molar-refractivity contribution in [1.82, 2.24) is 19.7 Å². The molecular formula is C26H23F3N4O2. The van der Waals surface area contributed by atoms with Crippen LogP contribution in [0.25, 0.3) is 22.2 Å². The number of nitrogens with one attached hydrogen (secondary N) is 1. The molecule has 1 heterocycles. The topological polar surface area (TPSA) is 68.9 Å². The zero-order valence-electron chi connectivity index (χ0n) is 18.8. The number of fused-ring (bicyclic) bond motifs is 1. The maximum atomic E-state index is 13.2. The highest BCUT2D eigenvalue weighted by atomic mass is 19.4. The van der Waals surface area contributed by atoms with Gasteiger partial charge in [-0.25, -0.2) is 9.48 Å². The van der Waals surface area contributed by atoms with Gasteiger partial charge < -0.3 is 5.32 Å². The van der Waals surface area contributed by atoms with Gasteiger partial charge in [0.25, 0.3) is 0 Å². The highest BCUT2D eigenvalue weighted by Gasteiger charge is 2.33. The fourth-order valence-electron chi connectivity index (χ4n) is 4.24. The van der Waals surface area contributed by atoms with Gasteiger partial charge in [0, 0.05) is 18.2 Å². The van der Waals surface area contributed by atoms with Gasteiger partial charge in [0.05, 0.1) is 18.5 Å². The highest BCUT2D eigenvalue weighted by Crippen LogP contribution is 2.37. The van der Waals surface area contributed by atoms with Gasteiger partial charge >= 0.3 is 11.9 Å². The summed E-state index contributed by atoms with van der Waals surface area (Å²) in [7, 11) is 0. The Labute approximate surface area is 199 Å². The number of hydrogen-bond acceptors (Lipinski definition) is 3. The molecule has 1 saturated carbocycles. The maximum Gasteiger partial charge on any atom is 0.416 e. The number of rotatable bonds is 7. The molecule has 0 atom stereocenters. The molecule has 0 saturated heterocycles. The minimum Gasteiger partial charge on any atom is -0.354 e. The molecule has 1 aromatic heterocycles. The van der Waals surface area contributed by atoms with Crippen LogP contribution in [0.5, 0.6) is 0 Å². The molecule has 0 bridgehead atoms. The first-order chi connectivity index (χ1) is 16.8. The molecule has 35 heavy (non-hydrogen) atoms. The number of nitrogens with zero attached hydrogens (tertiary/aromatic N) is 3. The molecule has 0 radical (unpaired) electrons. The number of carbonyl (C=O) groups is 1. The van der Waals surface area contributed by atoms with Crippen LogP contribution in [-0.2, 0) is 23.9 Å². The van der Waals surface area contributed by atoms with E-state index in [-0.39, 0.29) is 48.5 Å². The lowest BCUT2D eigenvalue weighted by atomic mass is 10.0. The Kier molecular flexibility index (Phi) is 5.92. The molecule has 1 aliphatic carbocycles. The second kappa shape index (κ2) is 9.05. The lowest BCUT2D eigenvalue weighted by Crippen LogP contribution is -2.32. The Bertz CT molecular complexity index is 1450. The van der Waals surface area contributed by atoms with E-state index in [1.165, 1.54) is 21.4 Å². The van der Waals surface area contributed by atoms with Crippen molar-refractivity contribution < 1.29 is 18.0 Å². The minimum atomic E-state index is -4.49. The highest BCUT2D eigenvalue weighted by molar-refractivity contribution is 5.90. The van der Waals surface area contributed by atoms with E-state index >= 15 is 0 Å². The van der Waals surface area contributed by atoms with Crippen molar-refractivity contribution in [3.8, 4) is 11.4 Å². The van der Waals surface area contributed by atoms with Gasteiger partial charge in [-0.15, -0.1) is 5.10 Å². The van der Waals surface area contributed by atoms with E-state index in [2.05, 4.69) is 10.4 Å². The van der Waals surface area contributed by atoms with Gasteiger partial charge in [-0.1, -0.05) is 54.6 Å². The van der Waals surface area contributed by atoms with Crippen molar-refractivity contribution in [3.63, 3.8) is 0 Å². The summed E-state index contributed by atoms with van der Waals surface area (Å²) in [5.74, 6) is 0.0276. The predicted octanol–water partition coefficient (Wildman–Crippen LogP) is 4.58. The summed E-state index contributed by atoms with van der Waals surface area (Å²) in [6.45, 7) is 0.291. The van der Waals surface area contributed by atoms with Crippen LogP contribution >= 0.6 is 0 Å². The van der Waals surface area contributed by atoms with Gasteiger partial charge in [-0.3, -0.25) is 9.36 Å². The second-order valence-electron chi connectivity index (χ2n) is 8.67. The van der Waals surface area contributed by atoms with E-state index in [0.717, 1.165) is 41.3 Å². The van der Waals surface area contributed by atoms with E-state index in [1.54, 1.807) is 0 Å². The minimum absolute atomic E-state index is 0.0678. The third kappa shape index (κ3) is 4.84. The Balaban J connectivity index is 1.31. The van der Waals surface area contributed by atoms with Crippen LogP contribution < -0.4 is 11.0 Å². The first kappa shape index (κ1) is 22.9. The molecule has 1 N–H and O–H groups in total.